The zero-order chi connectivity index (χ0) is 48.6. The number of amides is 8. The van der Waals surface area contributed by atoms with Gasteiger partial charge in [0.25, 0.3) is 23.6 Å². The monoisotopic (exact) mass is 918 g/mol. The number of hydrogen-bond donors (Lipinski definition) is 2. The van der Waals surface area contributed by atoms with Crippen LogP contribution in [0.5, 0.6) is 11.5 Å². The van der Waals surface area contributed by atoms with Gasteiger partial charge in [0.15, 0.2) is 23.7 Å². The number of nitrogens with one attached hydrogen (secondary N) is 2. The summed E-state index contributed by atoms with van der Waals surface area (Å²) < 4.78 is 10.7. The average molecular weight is 919 g/mol. The normalized spacial score (nSPS) is 18.5. The maximum atomic E-state index is 14.0. The standard InChI is InChI=1S/C28H33N3O5.C23H29N3O5/c1-19-12-13-22(36-3)21(16-19)29-26(34)24(25(33)28(2)14-8-5-9-15-28)31-23(32)18-30(27(31)35)17-20-10-6-4-7-11-20;1-5-12-25-14-18(27)26(22(25)30)19(20(28)23(3)10-6-7-11-23)21(29)24-16-13-15(2)8-9-17(16)31-4/h4,6-7,10-13,16,24H,5,8-9,14-15,17-18H2,1-3H3,(H,29,34);5,8-9,13,19H,1,6-7,10-12,14H2,2-4H3,(H,24,29). The molecule has 2 saturated heterocycles. The van der Waals surface area contributed by atoms with Crippen molar-refractivity contribution in [3.05, 3.63) is 96.1 Å². The van der Waals surface area contributed by atoms with Crippen molar-refractivity contribution in [2.75, 3.05) is 44.5 Å². The molecule has 0 aromatic heterocycles. The van der Waals surface area contributed by atoms with Crippen LogP contribution in [-0.2, 0) is 35.3 Å². The van der Waals surface area contributed by atoms with Gasteiger partial charge in [-0.25, -0.2) is 19.4 Å². The first-order chi connectivity index (χ1) is 31.9. The minimum Gasteiger partial charge on any atom is -0.495 e. The highest BCUT2D eigenvalue weighted by Gasteiger charge is 2.53. The molecule has 2 unspecified atom stereocenters. The first-order valence-electron chi connectivity index (χ1n) is 22.8. The van der Waals surface area contributed by atoms with Gasteiger partial charge < -0.3 is 29.9 Å². The van der Waals surface area contributed by atoms with E-state index in [-0.39, 0.29) is 26.2 Å². The molecule has 2 saturated carbocycles. The van der Waals surface area contributed by atoms with E-state index >= 15 is 0 Å². The van der Waals surface area contributed by atoms with Crippen LogP contribution < -0.4 is 20.1 Å². The van der Waals surface area contributed by atoms with E-state index in [1.54, 1.807) is 24.3 Å². The number of carbonyl (C=O) groups is 8. The topological polar surface area (TPSA) is 192 Å². The van der Waals surface area contributed by atoms with Crippen LogP contribution in [0.25, 0.3) is 0 Å². The summed E-state index contributed by atoms with van der Waals surface area (Å²) in [4.78, 5) is 111. The first-order valence-corrected chi connectivity index (χ1v) is 22.8. The Bertz CT molecular complexity index is 2410. The van der Waals surface area contributed by atoms with Crippen molar-refractivity contribution >= 4 is 58.6 Å². The van der Waals surface area contributed by atoms with Gasteiger partial charge in [-0.15, -0.1) is 6.58 Å². The number of Topliss-reactive ketones (excluding diaryl/α,β-unsaturated/α-hetero) is 2. The largest absolute Gasteiger partial charge is 0.495 e. The number of rotatable bonds is 16. The van der Waals surface area contributed by atoms with E-state index in [1.165, 1.54) is 30.1 Å². The Labute approximate surface area is 392 Å². The predicted octanol–water partition coefficient (Wildman–Crippen LogP) is 7.22. The Balaban J connectivity index is 0.000000224. The fraction of sp³-hybridized carbons (Fsp3) is 0.451. The number of ketones is 2. The summed E-state index contributed by atoms with van der Waals surface area (Å²) in [6, 6.07) is 15.5. The Morgan fingerprint density at radius 2 is 1.06 bits per heavy atom. The van der Waals surface area contributed by atoms with E-state index in [4.69, 9.17) is 9.47 Å². The number of ether oxygens (including phenoxy) is 2. The lowest BCUT2D eigenvalue weighted by Gasteiger charge is -2.36. The van der Waals surface area contributed by atoms with Crippen molar-refractivity contribution in [1.82, 2.24) is 19.6 Å². The van der Waals surface area contributed by atoms with E-state index in [1.807, 2.05) is 70.2 Å². The number of aryl methyl sites for hydroxylation is 2. The molecule has 67 heavy (non-hydrogen) atoms. The highest BCUT2D eigenvalue weighted by molar-refractivity contribution is 6.20. The summed E-state index contributed by atoms with van der Waals surface area (Å²) in [5.41, 5.74) is 1.84. The van der Waals surface area contributed by atoms with Crippen LogP contribution in [0, 0.1) is 24.7 Å². The zero-order valence-corrected chi connectivity index (χ0v) is 39.4. The molecule has 0 bridgehead atoms. The molecule has 4 fully saturated rings. The lowest BCUT2D eigenvalue weighted by molar-refractivity contribution is -0.144. The molecule has 7 rings (SSSR count). The summed E-state index contributed by atoms with van der Waals surface area (Å²) in [5.74, 6) is -2.51. The Hall–Kier alpha value is -6.84. The Morgan fingerprint density at radius 1 is 0.642 bits per heavy atom. The molecule has 0 radical (unpaired) electrons. The molecule has 2 atom stereocenters. The SMILES string of the molecule is C=CCN1CC(=O)N(C(C(=O)Nc2cc(C)ccc2OC)C(=O)C2(C)CCCC2)C1=O.COc1ccc(C)cc1NC(=O)C(C(=O)C1(C)CCCCC1)N1C(=O)CN(Cc2ccccc2)C1=O. The van der Waals surface area contributed by atoms with Crippen molar-refractivity contribution in [2.45, 2.75) is 104 Å². The molecule has 16 nitrogen and oxygen atoms in total. The second-order valence-electron chi connectivity index (χ2n) is 18.4. The molecule has 0 spiro atoms. The Kier molecular flexibility index (Phi) is 15.7. The number of anilines is 2. The molecule has 2 N–H and O–H groups in total. The van der Waals surface area contributed by atoms with E-state index < -0.39 is 70.2 Å². The van der Waals surface area contributed by atoms with Gasteiger partial charge in [-0.2, -0.15) is 0 Å². The van der Waals surface area contributed by atoms with Gasteiger partial charge in [-0.05, 0) is 80.5 Å². The molecule has 16 heteroatoms. The summed E-state index contributed by atoms with van der Waals surface area (Å²) in [5, 5.41) is 5.49. The van der Waals surface area contributed by atoms with Crippen LogP contribution in [0.15, 0.2) is 79.4 Å². The van der Waals surface area contributed by atoms with Gasteiger partial charge in [0.1, 0.15) is 24.6 Å². The van der Waals surface area contributed by atoms with Crippen molar-refractivity contribution < 1.29 is 47.8 Å². The van der Waals surface area contributed by atoms with Gasteiger partial charge in [-0.3, -0.25) is 28.8 Å². The zero-order valence-electron chi connectivity index (χ0n) is 39.4. The second kappa shape index (κ2) is 21.2. The van der Waals surface area contributed by atoms with Gasteiger partial charge in [0, 0.05) is 23.9 Å². The van der Waals surface area contributed by atoms with Crippen molar-refractivity contribution in [2.24, 2.45) is 10.8 Å². The van der Waals surface area contributed by atoms with Gasteiger partial charge in [0.05, 0.1) is 25.6 Å². The molecular weight excluding hydrogens is 857 g/mol. The lowest BCUT2D eigenvalue weighted by Crippen LogP contribution is -2.56. The van der Waals surface area contributed by atoms with Gasteiger partial charge >= 0.3 is 12.1 Å². The number of urea groups is 2. The summed E-state index contributed by atoms with van der Waals surface area (Å²) in [6.45, 7) is 11.0. The fourth-order valence-corrected chi connectivity index (χ4v) is 9.46. The first kappa shape index (κ1) is 49.6. The second-order valence-corrected chi connectivity index (χ2v) is 18.4. The third-order valence-corrected chi connectivity index (χ3v) is 13.3. The number of benzene rings is 3. The average Bonchev–Trinajstić information content (AvgIpc) is 3.95. The van der Waals surface area contributed by atoms with E-state index in [9.17, 15) is 38.4 Å². The van der Waals surface area contributed by atoms with Gasteiger partial charge in [0.2, 0.25) is 0 Å². The van der Waals surface area contributed by atoms with Crippen LogP contribution in [0.1, 0.15) is 88.3 Å². The highest BCUT2D eigenvalue weighted by atomic mass is 16.5. The van der Waals surface area contributed by atoms with Crippen LogP contribution >= 0.6 is 0 Å². The van der Waals surface area contributed by atoms with Crippen LogP contribution in [0.2, 0.25) is 0 Å². The third kappa shape index (κ3) is 10.9. The van der Waals surface area contributed by atoms with E-state index in [0.29, 0.717) is 48.6 Å². The number of hydrogen-bond acceptors (Lipinski definition) is 10. The summed E-state index contributed by atoms with van der Waals surface area (Å²) in [7, 11) is 2.96. The Morgan fingerprint density at radius 3 is 1.49 bits per heavy atom. The van der Waals surface area contributed by atoms with E-state index in [0.717, 1.165) is 58.6 Å². The summed E-state index contributed by atoms with van der Waals surface area (Å²) in [6.07, 6.45) is 8.47. The molecule has 8 amide bonds. The minimum atomic E-state index is -1.56. The number of carbonyl (C=O) groups excluding carboxylic acids is 8. The third-order valence-electron chi connectivity index (χ3n) is 13.3. The number of imide groups is 2. The molecule has 2 aliphatic heterocycles. The number of nitrogens with zero attached hydrogens (tertiary/aromatic N) is 4. The summed E-state index contributed by atoms with van der Waals surface area (Å²) >= 11 is 0. The number of methoxy groups -OCH3 is 2. The smallest absolute Gasteiger partial charge is 0.328 e. The van der Waals surface area contributed by atoms with Crippen LogP contribution in [-0.4, -0.2) is 113 Å². The fourth-order valence-electron chi connectivity index (χ4n) is 9.46. The van der Waals surface area contributed by atoms with Crippen molar-refractivity contribution in [3.8, 4) is 11.5 Å². The van der Waals surface area contributed by atoms with Crippen molar-refractivity contribution in [3.63, 3.8) is 0 Å². The van der Waals surface area contributed by atoms with E-state index in [2.05, 4.69) is 17.2 Å². The van der Waals surface area contributed by atoms with Crippen LogP contribution in [0.3, 0.4) is 0 Å². The predicted molar refractivity (Wildman–Crippen MR) is 251 cm³/mol. The lowest BCUT2D eigenvalue weighted by atomic mass is 9.70. The quantitative estimate of drug-likeness (QED) is 0.0842. The highest BCUT2D eigenvalue weighted by Crippen LogP contribution is 2.41. The van der Waals surface area contributed by atoms with Gasteiger partial charge in [-0.1, -0.05) is 94.5 Å². The molecule has 3 aromatic rings. The van der Waals surface area contributed by atoms with Crippen molar-refractivity contribution in [1.29, 1.82) is 0 Å². The molecule has 4 aliphatic rings. The molecule has 2 heterocycles. The molecule has 2 aliphatic carbocycles. The van der Waals surface area contributed by atoms with Crippen LogP contribution in [0.4, 0.5) is 21.0 Å². The molecular formula is C51H62N6O10. The molecule has 356 valence electrons. The minimum absolute atomic E-state index is 0.159. The maximum Gasteiger partial charge on any atom is 0.328 e. The maximum absolute atomic E-state index is 14.0. The molecule has 3 aromatic carbocycles.